The predicted octanol–water partition coefficient (Wildman–Crippen LogP) is 2.25. The van der Waals surface area contributed by atoms with Crippen molar-refractivity contribution in [3.8, 4) is 0 Å². The van der Waals surface area contributed by atoms with Crippen molar-refractivity contribution in [1.29, 1.82) is 0 Å². The number of ether oxygens (including phenoxy) is 2. The van der Waals surface area contributed by atoms with Gasteiger partial charge in [-0.2, -0.15) is 0 Å². The molecule has 0 spiro atoms. The molecule has 1 atom stereocenters. The molecule has 2 amide bonds. The number of carbonyl (C=O) groups is 3. The van der Waals surface area contributed by atoms with Crippen molar-refractivity contribution in [2.24, 2.45) is 5.92 Å². The average molecular weight is 377 g/mol. The van der Waals surface area contributed by atoms with Crippen LogP contribution in [0.2, 0.25) is 0 Å². The van der Waals surface area contributed by atoms with E-state index >= 15 is 0 Å². The minimum absolute atomic E-state index is 0.100. The molecule has 2 rings (SSSR count). The number of alkyl carbamates (subject to hydrolysis) is 1. The van der Waals surface area contributed by atoms with Crippen LogP contribution >= 0.6 is 0 Å². The van der Waals surface area contributed by atoms with Gasteiger partial charge in [0, 0.05) is 19.6 Å². The zero-order valence-electron chi connectivity index (χ0n) is 16.3. The van der Waals surface area contributed by atoms with Gasteiger partial charge >= 0.3 is 12.1 Å². The van der Waals surface area contributed by atoms with Gasteiger partial charge in [-0.3, -0.25) is 4.79 Å². The highest BCUT2D eigenvalue weighted by Gasteiger charge is 2.26. The third-order valence-corrected chi connectivity index (χ3v) is 4.10. The molecule has 1 aromatic heterocycles. The van der Waals surface area contributed by atoms with Crippen LogP contribution in [0.15, 0.2) is 18.2 Å². The number of amides is 2. The second-order valence-corrected chi connectivity index (χ2v) is 7.54. The van der Waals surface area contributed by atoms with Crippen LogP contribution in [0.25, 0.3) is 0 Å². The number of hydrogen-bond donors (Lipinski definition) is 1. The van der Waals surface area contributed by atoms with Crippen LogP contribution in [-0.2, 0) is 9.47 Å². The van der Waals surface area contributed by atoms with Crippen LogP contribution in [0.4, 0.5) is 4.79 Å². The third-order valence-electron chi connectivity index (χ3n) is 4.10. The van der Waals surface area contributed by atoms with Gasteiger partial charge in [-0.1, -0.05) is 6.07 Å². The van der Waals surface area contributed by atoms with Crippen molar-refractivity contribution >= 4 is 18.0 Å². The van der Waals surface area contributed by atoms with Crippen molar-refractivity contribution in [1.82, 2.24) is 15.2 Å². The number of hydrogen-bond acceptors (Lipinski definition) is 6. The van der Waals surface area contributed by atoms with Crippen LogP contribution in [0.5, 0.6) is 0 Å². The fourth-order valence-corrected chi connectivity index (χ4v) is 2.89. The second-order valence-electron chi connectivity index (χ2n) is 7.54. The molecule has 2 heterocycles. The van der Waals surface area contributed by atoms with Gasteiger partial charge in [-0.25, -0.2) is 14.6 Å². The summed E-state index contributed by atoms with van der Waals surface area (Å²) in [4.78, 5) is 41.9. The van der Waals surface area contributed by atoms with E-state index in [1.807, 2.05) is 20.8 Å². The molecular formula is C19H27N3O5. The molecule has 1 fully saturated rings. The van der Waals surface area contributed by atoms with Gasteiger partial charge in [0.1, 0.15) is 17.0 Å². The van der Waals surface area contributed by atoms with Crippen LogP contribution in [0, 0.1) is 5.92 Å². The molecule has 27 heavy (non-hydrogen) atoms. The monoisotopic (exact) mass is 377 g/mol. The molecule has 148 valence electrons. The Morgan fingerprint density at radius 2 is 1.96 bits per heavy atom. The minimum atomic E-state index is -0.581. The summed E-state index contributed by atoms with van der Waals surface area (Å²) in [5.41, 5.74) is -0.239. The molecule has 1 aliphatic heterocycles. The number of nitrogens with zero attached hydrogens (tertiary/aromatic N) is 2. The number of piperidine rings is 1. The molecule has 0 unspecified atom stereocenters. The van der Waals surface area contributed by atoms with E-state index < -0.39 is 17.7 Å². The molecule has 1 aliphatic rings. The van der Waals surface area contributed by atoms with Crippen molar-refractivity contribution in [2.45, 2.75) is 39.2 Å². The Kier molecular flexibility index (Phi) is 6.76. The van der Waals surface area contributed by atoms with E-state index in [9.17, 15) is 14.4 Å². The molecule has 0 radical (unpaired) electrons. The van der Waals surface area contributed by atoms with E-state index in [4.69, 9.17) is 4.74 Å². The maximum absolute atomic E-state index is 12.7. The molecule has 0 saturated carbocycles. The molecule has 1 saturated heterocycles. The number of likely N-dealkylation sites (tertiary alicyclic amines) is 1. The van der Waals surface area contributed by atoms with Gasteiger partial charge in [-0.05, 0) is 51.7 Å². The molecule has 8 heteroatoms. The number of aromatic nitrogens is 1. The van der Waals surface area contributed by atoms with E-state index in [2.05, 4.69) is 15.0 Å². The fourth-order valence-electron chi connectivity index (χ4n) is 2.89. The molecule has 0 aliphatic carbocycles. The van der Waals surface area contributed by atoms with Crippen LogP contribution < -0.4 is 5.32 Å². The number of carbonyl (C=O) groups excluding carboxylic acids is 3. The van der Waals surface area contributed by atoms with E-state index in [0.29, 0.717) is 19.6 Å². The van der Waals surface area contributed by atoms with Gasteiger partial charge in [-0.15, -0.1) is 0 Å². The lowest BCUT2D eigenvalue weighted by Gasteiger charge is -2.32. The van der Waals surface area contributed by atoms with Crippen molar-refractivity contribution in [3.05, 3.63) is 29.6 Å². The lowest BCUT2D eigenvalue weighted by molar-refractivity contribution is 0.0501. The van der Waals surface area contributed by atoms with E-state index in [1.54, 1.807) is 17.0 Å². The van der Waals surface area contributed by atoms with E-state index in [0.717, 1.165) is 12.8 Å². The quantitative estimate of drug-likeness (QED) is 0.808. The maximum atomic E-state index is 12.7. The first kappa shape index (κ1) is 20.7. The van der Waals surface area contributed by atoms with E-state index in [-0.39, 0.29) is 23.2 Å². The SMILES string of the molecule is COC(=O)c1cccc(C(=O)N2CCC[C@H](CNC(=O)OC(C)(C)C)C2)n1. The molecule has 8 nitrogen and oxygen atoms in total. The number of rotatable bonds is 4. The molecule has 0 bridgehead atoms. The Balaban J connectivity index is 1.94. The maximum Gasteiger partial charge on any atom is 0.407 e. The normalized spacial score (nSPS) is 17.2. The first-order valence-electron chi connectivity index (χ1n) is 9.01. The Morgan fingerprint density at radius 3 is 2.63 bits per heavy atom. The average Bonchev–Trinajstić information content (AvgIpc) is 2.64. The van der Waals surface area contributed by atoms with E-state index in [1.165, 1.54) is 13.2 Å². The van der Waals surface area contributed by atoms with Crippen molar-refractivity contribution in [2.75, 3.05) is 26.7 Å². The molecule has 1 N–H and O–H groups in total. The summed E-state index contributed by atoms with van der Waals surface area (Å²) in [5.74, 6) is -0.676. The highest BCUT2D eigenvalue weighted by atomic mass is 16.6. The molecule has 1 aromatic rings. The van der Waals surface area contributed by atoms with Crippen molar-refractivity contribution < 1.29 is 23.9 Å². The highest BCUT2D eigenvalue weighted by molar-refractivity contribution is 5.94. The first-order chi connectivity index (χ1) is 12.7. The minimum Gasteiger partial charge on any atom is -0.464 e. The summed E-state index contributed by atoms with van der Waals surface area (Å²) in [7, 11) is 1.27. The summed E-state index contributed by atoms with van der Waals surface area (Å²) in [6.07, 6.45) is 1.29. The van der Waals surface area contributed by atoms with Crippen molar-refractivity contribution in [3.63, 3.8) is 0 Å². The van der Waals surface area contributed by atoms with Gasteiger partial charge in [0.05, 0.1) is 7.11 Å². The Bertz CT molecular complexity index is 699. The van der Waals surface area contributed by atoms with Gasteiger partial charge in [0.2, 0.25) is 0 Å². The second kappa shape index (κ2) is 8.83. The number of methoxy groups -OCH3 is 1. The predicted molar refractivity (Wildman–Crippen MR) is 98.4 cm³/mol. The summed E-state index contributed by atoms with van der Waals surface area (Å²) in [6.45, 7) is 6.99. The smallest absolute Gasteiger partial charge is 0.407 e. The van der Waals surface area contributed by atoms with Gasteiger partial charge in [0.15, 0.2) is 0 Å². The highest BCUT2D eigenvalue weighted by Crippen LogP contribution is 2.18. The van der Waals surface area contributed by atoms with Crippen LogP contribution in [-0.4, -0.2) is 60.2 Å². The standard InChI is InChI=1S/C19H27N3O5/c1-19(2,3)27-18(25)20-11-13-7-6-10-22(12-13)16(23)14-8-5-9-15(21-14)17(24)26-4/h5,8-9,13H,6-7,10-12H2,1-4H3,(H,20,25)/t13-/m1/s1. The Hall–Kier alpha value is -2.64. The largest absolute Gasteiger partial charge is 0.464 e. The molecular weight excluding hydrogens is 350 g/mol. The lowest BCUT2D eigenvalue weighted by Crippen LogP contribution is -2.44. The zero-order valence-corrected chi connectivity index (χ0v) is 16.3. The Labute approximate surface area is 159 Å². The Morgan fingerprint density at radius 1 is 1.26 bits per heavy atom. The van der Waals surface area contributed by atoms with Crippen LogP contribution in [0.1, 0.15) is 54.6 Å². The number of pyridine rings is 1. The molecule has 0 aromatic carbocycles. The van der Waals surface area contributed by atoms with Gasteiger partial charge in [0.25, 0.3) is 5.91 Å². The number of nitrogens with one attached hydrogen (secondary N) is 1. The third kappa shape index (κ3) is 6.23. The number of esters is 1. The first-order valence-corrected chi connectivity index (χ1v) is 9.01. The summed E-state index contributed by atoms with van der Waals surface area (Å²) in [6, 6.07) is 4.70. The summed E-state index contributed by atoms with van der Waals surface area (Å²) < 4.78 is 9.88. The zero-order chi connectivity index (χ0) is 20.0. The van der Waals surface area contributed by atoms with Gasteiger partial charge < -0.3 is 19.7 Å². The fraction of sp³-hybridized carbons (Fsp3) is 0.579. The lowest BCUT2D eigenvalue weighted by atomic mass is 9.97. The summed E-state index contributed by atoms with van der Waals surface area (Å²) >= 11 is 0. The summed E-state index contributed by atoms with van der Waals surface area (Å²) in [5, 5.41) is 2.76. The topological polar surface area (TPSA) is 97.8 Å². The van der Waals surface area contributed by atoms with Crippen LogP contribution in [0.3, 0.4) is 0 Å².